The van der Waals surface area contributed by atoms with Gasteiger partial charge in [-0.05, 0) is 31.5 Å². The van der Waals surface area contributed by atoms with Crippen LogP contribution in [0, 0.1) is 12.8 Å². The first-order valence-corrected chi connectivity index (χ1v) is 7.05. The Kier molecular flexibility index (Phi) is 5.93. The van der Waals surface area contributed by atoms with E-state index in [0.29, 0.717) is 12.0 Å². The van der Waals surface area contributed by atoms with E-state index < -0.39 is 0 Å². The fourth-order valence-electron chi connectivity index (χ4n) is 1.57. The standard InChI is InChI=1S/C14H23NS/c1-5-15-14(11(2)3)10-16-13-8-6-12(4)7-9-13/h6-9,11,14-15H,5,10H2,1-4H3. The minimum Gasteiger partial charge on any atom is -0.313 e. The Bertz CT molecular complexity index is 292. The molecule has 0 spiro atoms. The lowest BCUT2D eigenvalue weighted by Gasteiger charge is -2.21. The highest BCUT2D eigenvalue weighted by Crippen LogP contribution is 2.21. The number of thioether (sulfide) groups is 1. The number of nitrogens with one attached hydrogen (secondary N) is 1. The highest BCUT2D eigenvalue weighted by Gasteiger charge is 2.11. The summed E-state index contributed by atoms with van der Waals surface area (Å²) < 4.78 is 0. The van der Waals surface area contributed by atoms with Crippen molar-refractivity contribution < 1.29 is 0 Å². The average Bonchev–Trinajstić information content (AvgIpc) is 2.26. The van der Waals surface area contributed by atoms with E-state index in [4.69, 9.17) is 0 Å². The lowest BCUT2D eigenvalue weighted by atomic mass is 10.1. The van der Waals surface area contributed by atoms with Gasteiger partial charge in [0.15, 0.2) is 0 Å². The Labute approximate surface area is 104 Å². The van der Waals surface area contributed by atoms with Gasteiger partial charge in [0.05, 0.1) is 0 Å². The highest BCUT2D eigenvalue weighted by molar-refractivity contribution is 7.99. The molecule has 0 aliphatic rings. The number of benzene rings is 1. The predicted octanol–water partition coefficient (Wildman–Crippen LogP) is 3.72. The maximum atomic E-state index is 3.54. The van der Waals surface area contributed by atoms with Crippen LogP contribution in [0.1, 0.15) is 26.3 Å². The molecule has 0 aliphatic heterocycles. The van der Waals surface area contributed by atoms with Gasteiger partial charge in [-0.2, -0.15) is 0 Å². The fraction of sp³-hybridized carbons (Fsp3) is 0.571. The number of rotatable bonds is 6. The molecule has 1 unspecified atom stereocenters. The van der Waals surface area contributed by atoms with Crippen molar-refractivity contribution in [1.29, 1.82) is 0 Å². The van der Waals surface area contributed by atoms with Crippen molar-refractivity contribution in [2.24, 2.45) is 5.92 Å². The van der Waals surface area contributed by atoms with Gasteiger partial charge in [-0.1, -0.05) is 38.5 Å². The molecule has 1 nitrogen and oxygen atoms in total. The summed E-state index contributed by atoms with van der Waals surface area (Å²) in [6, 6.07) is 9.39. The summed E-state index contributed by atoms with van der Waals surface area (Å²) in [5.41, 5.74) is 1.33. The molecule has 0 radical (unpaired) electrons. The Morgan fingerprint density at radius 1 is 1.19 bits per heavy atom. The van der Waals surface area contributed by atoms with Crippen molar-refractivity contribution in [3.05, 3.63) is 29.8 Å². The van der Waals surface area contributed by atoms with Gasteiger partial charge in [0.2, 0.25) is 0 Å². The van der Waals surface area contributed by atoms with Crippen molar-refractivity contribution >= 4 is 11.8 Å². The minimum atomic E-state index is 0.608. The third kappa shape index (κ3) is 4.58. The summed E-state index contributed by atoms with van der Waals surface area (Å²) in [5, 5.41) is 3.54. The molecule has 0 aliphatic carbocycles. The van der Waals surface area contributed by atoms with Gasteiger partial charge in [0.1, 0.15) is 0 Å². The van der Waals surface area contributed by atoms with Gasteiger partial charge < -0.3 is 5.32 Å². The zero-order chi connectivity index (χ0) is 12.0. The topological polar surface area (TPSA) is 12.0 Å². The second-order valence-corrected chi connectivity index (χ2v) is 5.63. The molecular formula is C14H23NS. The Balaban J connectivity index is 2.45. The van der Waals surface area contributed by atoms with Crippen LogP contribution in [0.15, 0.2) is 29.2 Å². The molecule has 0 bridgehead atoms. The van der Waals surface area contributed by atoms with Crippen LogP contribution in [0.4, 0.5) is 0 Å². The third-order valence-electron chi connectivity index (χ3n) is 2.72. The molecule has 0 amide bonds. The number of aryl methyl sites for hydroxylation is 1. The molecule has 0 saturated carbocycles. The SMILES string of the molecule is CCNC(CSc1ccc(C)cc1)C(C)C. The minimum absolute atomic E-state index is 0.608. The summed E-state index contributed by atoms with van der Waals surface area (Å²) >= 11 is 1.94. The summed E-state index contributed by atoms with van der Waals surface area (Å²) in [4.78, 5) is 1.37. The van der Waals surface area contributed by atoms with Gasteiger partial charge >= 0.3 is 0 Å². The quantitative estimate of drug-likeness (QED) is 0.757. The Hall–Kier alpha value is -0.470. The molecule has 1 atom stereocenters. The Morgan fingerprint density at radius 3 is 2.31 bits per heavy atom. The van der Waals surface area contributed by atoms with E-state index in [-0.39, 0.29) is 0 Å². The summed E-state index contributed by atoms with van der Waals surface area (Å²) in [6.07, 6.45) is 0. The second-order valence-electron chi connectivity index (χ2n) is 4.53. The molecule has 16 heavy (non-hydrogen) atoms. The van der Waals surface area contributed by atoms with E-state index in [1.54, 1.807) is 0 Å². The predicted molar refractivity (Wildman–Crippen MR) is 74.2 cm³/mol. The summed E-state index contributed by atoms with van der Waals surface area (Å²) in [6.45, 7) is 9.92. The first-order valence-electron chi connectivity index (χ1n) is 6.06. The van der Waals surface area contributed by atoms with Gasteiger partial charge in [-0.15, -0.1) is 11.8 Å². The van der Waals surface area contributed by atoms with Crippen molar-refractivity contribution in [3.63, 3.8) is 0 Å². The van der Waals surface area contributed by atoms with E-state index in [9.17, 15) is 0 Å². The van der Waals surface area contributed by atoms with Crippen LogP contribution in [0.5, 0.6) is 0 Å². The fourth-order valence-corrected chi connectivity index (χ4v) is 2.77. The van der Waals surface area contributed by atoms with Crippen LogP contribution in [0.25, 0.3) is 0 Å². The Morgan fingerprint density at radius 2 is 1.81 bits per heavy atom. The normalized spacial score (nSPS) is 13.1. The number of hydrogen-bond donors (Lipinski definition) is 1. The molecule has 1 N–H and O–H groups in total. The molecular weight excluding hydrogens is 214 g/mol. The monoisotopic (exact) mass is 237 g/mol. The first kappa shape index (κ1) is 13.6. The molecule has 0 saturated heterocycles. The van der Waals surface area contributed by atoms with Crippen LogP contribution in [0.3, 0.4) is 0 Å². The van der Waals surface area contributed by atoms with Crippen LogP contribution < -0.4 is 5.32 Å². The molecule has 1 rings (SSSR count). The maximum Gasteiger partial charge on any atom is 0.0184 e. The molecule has 0 fully saturated rings. The lowest BCUT2D eigenvalue weighted by Crippen LogP contribution is -2.35. The van der Waals surface area contributed by atoms with Gasteiger partial charge in [-0.3, -0.25) is 0 Å². The van der Waals surface area contributed by atoms with Gasteiger partial charge in [0.25, 0.3) is 0 Å². The maximum absolute atomic E-state index is 3.54. The van der Waals surface area contributed by atoms with Crippen LogP contribution in [0.2, 0.25) is 0 Å². The van der Waals surface area contributed by atoms with Crippen LogP contribution >= 0.6 is 11.8 Å². The van der Waals surface area contributed by atoms with Crippen molar-refractivity contribution in [2.45, 2.75) is 38.6 Å². The second kappa shape index (κ2) is 6.97. The largest absolute Gasteiger partial charge is 0.313 e. The zero-order valence-electron chi connectivity index (χ0n) is 10.8. The van der Waals surface area contributed by atoms with E-state index >= 15 is 0 Å². The molecule has 0 aromatic heterocycles. The number of hydrogen-bond acceptors (Lipinski definition) is 2. The van der Waals surface area contributed by atoms with Crippen molar-refractivity contribution in [3.8, 4) is 0 Å². The van der Waals surface area contributed by atoms with Crippen molar-refractivity contribution in [2.75, 3.05) is 12.3 Å². The van der Waals surface area contributed by atoms with E-state index in [0.717, 1.165) is 12.3 Å². The first-order chi connectivity index (χ1) is 7.63. The molecule has 90 valence electrons. The summed E-state index contributed by atoms with van der Waals surface area (Å²) in [7, 11) is 0. The average molecular weight is 237 g/mol. The third-order valence-corrected chi connectivity index (χ3v) is 3.85. The molecule has 2 heteroatoms. The van der Waals surface area contributed by atoms with E-state index in [1.807, 2.05) is 11.8 Å². The smallest absolute Gasteiger partial charge is 0.0184 e. The van der Waals surface area contributed by atoms with Crippen LogP contribution in [-0.2, 0) is 0 Å². The molecule has 0 heterocycles. The summed E-state index contributed by atoms with van der Waals surface area (Å²) in [5.74, 6) is 1.84. The molecule has 1 aromatic carbocycles. The lowest BCUT2D eigenvalue weighted by molar-refractivity contribution is 0.443. The van der Waals surface area contributed by atoms with E-state index in [1.165, 1.54) is 10.5 Å². The van der Waals surface area contributed by atoms with Crippen LogP contribution in [-0.4, -0.2) is 18.3 Å². The highest BCUT2D eigenvalue weighted by atomic mass is 32.2. The van der Waals surface area contributed by atoms with Crippen molar-refractivity contribution in [1.82, 2.24) is 5.32 Å². The zero-order valence-corrected chi connectivity index (χ0v) is 11.6. The molecule has 1 aromatic rings. The van der Waals surface area contributed by atoms with E-state index in [2.05, 4.69) is 57.3 Å². The van der Waals surface area contributed by atoms with Gasteiger partial charge in [0, 0.05) is 16.7 Å². The van der Waals surface area contributed by atoms with Gasteiger partial charge in [-0.25, -0.2) is 0 Å².